The third kappa shape index (κ3) is 5.32. The highest BCUT2D eigenvalue weighted by Crippen LogP contribution is 2.27. The number of carbonyl (C=O) groups excluding carboxylic acids is 1. The van der Waals surface area contributed by atoms with Crippen molar-refractivity contribution < 1.29 is 17.9 Å². The number of hydrogen-bond donors (Lipinski definition) is 2. The quantitative estimate of drug-likeness (QED) is 0.310. The van der Waals surface area contributed by atoms with Gasteiger partial charge < -0.3 is 10.1 Å². The summed E-state index contributed by atoms with van der Waals surface area (Å²) < 4.78 is 34.3. The van der Waals surface area contributed by atoms with Crippen LogP contribution < -0.4 is 14.8 Å². The maximum absolute atomic E-state index is 12.9. The van der Waals surface area contributed by atoms with E-state index in [0.717, 1.165) is 10.8 Å². The molecule has 2 N–H and O–H groups in total. The average molecular weight is 495 g/mol. The van der Waals surface area contributed by atoms with Gasteiger partial charge in [0.25, 0.3) is 15.9 Å². The number of rotatable bonds is 8. The molecular weight excluding hydrogens is 472 g/mol. The van der Waals surface area contributed by atoms with Crippen molar-refractivity contribution in [2.45, 2.75) is 24.3 Å². The van der Waals surface area contributed by atoms with E-state index in [-0.39, 0.29) is 10.8 Å². The van der Waals surface area contributed by atoms with Gasteiger partial charge >= 0.3 is 0 Å². The molecule has 0 bridgehead atoms. The van der Waals surface area contributed by atoms with E-state index in [1.54, 1.807) is 36.4 Å². The number of nitrogens with one attached hydrogen (secondary N) is 2. The molecule has 4 rings (SSSR count). The molecule has 0 aliphatic heterocycles. The molecule has 34 heavy (non-hydrogen) atoms. The first-order valence-corrected chi connectivity index (χ1v) is 12.6. The van der Waals surface area contributed by atoms with Gasteiger partial charge in [0.2, 0.25) is 0 Å². The van der Waals surface area contributed by atoms with Gasteiger partial charge in [-0.25, -0.2) is 8.42 Å². The highest BCUT2D eigenvalue weighted by molar-refractivity contribution is 7.92. The molecule has 4 aromatic carbocycles. The molecule has 0 radical (unpaired) electrons. The zero-order valence-corrected chi connectivity index (χ0v) is 19.9. The molecule has 4 aromatic rings. The van der Waals surface area contributed by atoms with Crippen LogP contribution in [0, 0.1) is 0 Å². The van der Waals surface area contributed by atoms with Crippen LogP contribution in [0.5, 0.6) is 5.75 Å². The SMILES string of the molecule is CCC(Oc1ccccc1Cl)C(=O)Nc1ccc(S(=O)(=O)Nc2cccc3ccccc23)cc1. The molecule has 8 heteroatoms. The molecule has 174 valence electrons. The van der Waals surface area contributed by atoms with Crippen LogP contribution in [0.4, 0.5) is 11.4 Å². The number of halogens is 1. The van der Waals surface area contributed by atoms with Crippen LogP contribution in [0.15, 0.2) is 95.9 Å². The van der Waals surface area contributed by atoms with Crippen LogP contribution in [0.1, 0.15) is 13.3 Å². The van der Waals surface area contributed by atoms with Crippen molar-refractivity contribution in [1.82, 2.24) is 0 Å². The number of anilines is 2. The summed E-state index contributed by atoms with van der Waals surface area (Å²) in [6, 6.07) is 25.9. The maximum atomic E-state index is 12.9. The lowest BCUT2D eigenvalue weighted by molar-refractivity contribution is -0.122. The van der Waals surface area contributed by atoms with Crippen LogP contribution in [0.25, 0.3) is 10.8 Å². The van der Waals surface area contributed by atoms with Gasteiger partial charge in [-0.05, 0) is 54.3 Å². The molecule has 0 aromatic heterocycles. The summed E-state index contributed by atoms with van der Waals surface area (Å²) in [7, 11) is -3.82. The van der Waals surface area contributed by atoms with Gasteiger partial charge in [-0.1, -0.05) is 67.1 Å². The fourth-order valence-corrected chi connectivity index (χ4v) is 4.73. The molecule has 0 saturated carbocycles. The van der Waals surface area contributed by atoms with Gasteiger partial charge in [0.1, 0.15) is 5.75 Å². The first kappa shape index (κ1) is 23.6. The number of sulfonamides is 1. The van der Waals surface area contributed by atoms with Gasteiger partial charge in [0.15, 0.2) is 6.10 Å². The van der Waals surface area contributed by atoms with Gasteiger partial charge in [-0.15, -0.1) is 0 Å². The standard InChI is InChI=1S/C26H23ClN2O4S/c1-2-24(33-25-13-6-5-11-22(25)27)26(30)28-19-14-16-20(17-15-19)34(31,32)29-23-12-7-9-18-8-3-4-10-21(18)23/h3-17,24,29H,2H2,1H3,(H,28,30). The second kappa shape index (κ2) is 10.2. The third-order valence-electron chi connectivity index (χ3n) is 5.24. The number of ether oxygens (including phenoxy) is 1. The fraction of sp³-hybridized carbons (Fsp3) is 0.115. The van der Waals surface area contributed by atoms with E-state index in [4.69, 9.17) is 16.3 Å². The summed E-state index contributed by atoms with van der Waals surface area (Å²) in [5, 5.41) is 4.92. The van der Waals surface area contributed by atoms with E-state index in [2.05, 4.69) is 10.0 Å². The number of carbonyl (C=O) groups is 1. The van der Waals surface area contributed by atoms with Crippen molar-refractivity contribution in [3.8, 4) is 5.75 Å². The second-order valence-electron chi connectivity index (χ2n) is 7.59. The summed E-state index contributed by atoms with van der Waals surface area (Å²) in [4.78, 5) is 12.8. The topological polar surface area (TPSA) is 84.5 Å². The van der Waals surface area contributed by atoms with E-state index in [0.29, 0.717) is 28.6 Å². The van der Waals surface area contributed by atoms with Gasteiger partial charge in [-0.2, -0.15) is 0 Å². The molecule has 0 aliphatic carbocycles. The Morgan fingerprint density at radius 1 is 0.912 bits per heavy atom. The number of amides is 1. The fourth-order valence-electron chi connectivity index (χ4n) is 3.47. The molecule has 1 unspecified atom stereocenters. The Morgan fingerprint density at radius 3 is 2.32 bits per heavy atom. The lowest BCUT2D eigenvalue weighted by Gasteiger charge is -2.18. The summed E-state index contributed by atoms with van der Waals surface area (Å²) >= 11 is 6.12. The van der Waals surface area contributed by atoms with E-state index in [9.17, 15) is 13.2 Å². The van der Waals surface area contributed by atoms with Crippen molar-refractivity contribution in [3.63, 3.8) is 0 Å². The highest BCUT2D eigenvalue weighted by atomic mass is 35.5. The van der Waals surface area contributed by atoms with Crippen LogP contribution in [0.3, 0.4) is 0 Å². The molecule has 0 heterocycles. The predicted molar refractivity (Wildman–Crippen MR) is 136 cm³/mol. The Bertz CT molecular complexity index is 1420. The molecule has 1 atom stereocenters. The first-order chi connectivity index (χ1) is 16.4. The Labute approximate surface area is 203 Å². The highest BCUT2D eigenvalue weighted by Gasteiger charge is 2.20. The summed E-state index contributed by atoms with van der Waals surface area (Å²) in [5.41, 5.74) is 0.952. The average Bonchev–Trinajstić information content (AvgIpc) is 2.84. The van der Waals surface area contributed by atoms with Crippen molar-refractivity contribution in [3.05, 3.63) is 96.0 Å². The van der Waals surface area contributed by atoms with E-state index >= 15 is 0 Å². The largest absolute Gasteiger partial charge is 0.479 e. The number of para-hydroxylation sites is 1. The Kier molecular flexibility index (Phi) is 7.05. The molecule has 0 spiro atoms. The van der Waals surface area contributed by atoms with E-state index < -0.39 is 16.1 Å². The molecule has 6 nitrogen and oxygen atoms in total. The molecule has 0 fully saturated rings. The van der Waals surface area contributed by atoms with Crippen molar-refractivity contribution in [2.24, 2.45) is 0 Å². The minimum Gasteiger partial charge on any atom is -0.479 e. The summed E-state index contributed by atoms with van der Waals surface area (Å²) in [6.07, 6.45) is -0.324. The van der Waals surface area contributed by atoms with Crippen LogP contribution in [-0.4, -0.2) is 20.4 Å². The van der Waals surface area contributed by atoms with E-state index in [1.807, 2.05) is 37.3 Å². The molecule has 0 aliphatic rings. The number of fused-ring (bicyclic) bond motifs is 1. The molecular formula is C26H23ClN2O4S. The molecule has 0 saturated heterocycles. The van der Waals surface area contributed by atoms with Crippen LogP contribution in [-0.2, 0) is 14.8 Å². The predicted octanol–water partition coefficient (Wildman–Crippen LogP) is 6.09. The zero-order valence-electron chi connectivity index (χ0n) is 18.4. The van der Waals surface area contributed by atoms with Crippen molar-refractivity contribution >= 4 is 49.7 Å². The van der Waals surface area contributed by atoms with Crippen LogP contribution in [0.2, 0.25) is 5.02 Å². The number of benzene rings is 4. The lowest BCUT2D eigenvalue weighted by Crippen LogP contribution is -2.32. The summed E-state index contributed by atoms with van der Waals surface area (Å²) in [5.74, 6) is 0.0685. The normalized spacial score (nSPS) is 12.2. The van der Waals surface area contributed by atoms with Gasteiger partial charge in [0.05, 0.1) is 15.6 Å². The van der Waals surface area contributed by atoms with Crippen molar-refractivity contribution in [2.75, 3.05) is 10.0 Å². The Morgan fingerprint density at radius 2 is 1.59 bits per heavy atom. The first-order valence-electron chi connectivity index (χ1n) is 10.7. The van der Waals surface area contributed by atoms with Gasteiger partial charge in [-0.3, -0.25) is 9.52 Å². The Balaban J connectivity index is 1.46. The number of hydrogen-bond acceptors (Lipinski definition) is 4. The third-order valence-corrected chi connectivity index (χ3v) is 6.93. The molecule has 1 amide bonds. The lowest BCUT2D eigenvalue weighted by atomic mass is 10.1. The minimum atomic E-state index is -3.82. The van der Waals surface area contributed by atoms with E-state index in [1.165, 1.54) is 24.3 Å². The Hall–Kier alpha value is -3.55. The van der Waals surface area contributed by atoms with Gasteiger partial charge in [0, 0.05) is 11.1 Å². The van der Waals surface area contributed by atoms with Crippen LogP contribution >= 0.6 is 11.6 Å². The minimum absolute atomic E-state index is 0.0813. The maximum Gasteiger partial charge on any atom is 0.265 e. The zero-order chi connectivity index (χ0) is 24.1. The summed E-state index contributed by atoms with van der Waals surface area (Å²) in [6.45, 7) is 1.83. The van der Waals surface area contributed by atoms with Crippen molar-refractivity contribution in [1.29, 1.82) is 0 Å². The second-order valence-corrected chi connectivity index (χ2v) is 9.68. The monoisotopic (exact) mass is 494 g/mol. The smallest absolute Gasteiger partial charge is 0.265 e.